The Bertz CT molecular complexity index is 800. The summed E-state index contributed by atoms with van der Waals surface area (Å²) in [6, 6.07) is 5.16. The van der Waals surface area contributed by atoms with E-state index in [1.54, 1.807) is 4.68 Å². The molecule has 1 atom stereocenters. The number of urea groups is 1. The SMILES string of the molecule is Cc1cccc(CCCN2C(=O)NC(Cc3cn(C(C)C)nn3)C2=O)n1. The number of aromatic nitrogens is 4. The predicted molar refractivity (Wildman–Crippen MR) is 95.4 cm³/mol. The van der Waals surface area contributed by atoms with Crippen molar-refractivity contribution in [3.05, 3.63) is 41.5 Å². The van der Waals surface area contributed by atoms with Gasteiger partial charge in [-0.3, -0.25) is 14.7 Å². The second kappa shape index (κ2) is 7.63. The van der Waals surface area contributed by atoms with E-state index in [1.807, 2.05) is 45.2 Å². The first-order chi connectivity index (χ1) is 12.4. The molecule has 1 fully saturated rings. The van der Waals surface area contributed by atoms with Gasteiger partial charge in [0.1, 0.15) is 6.04 Å². The van der Waals surface area contributed by atoms with E-state index < -0.39 is 6.04 Å². The molecule has 8 heteroatoms. The molecule has 2 aromatic heterocycles. The minimum absolute atomic E-state index is 0.203. The number of pyridine rings is 1. The lowest BCUT2D eigenvalue weighted by atomic mass is 10.1. The van der Waals surface area contributed by atoms with Crippen molar-refractivity contribution in [1.82, 2.24) is 30.2 Å². The van der Waals surface area contributed by atoms with Crippen LogP contribution in [0.5, 0.6) is 0 Å². The zero-order valence-corrected chi connectivity index (χ0v) is 15.3. The number of hydrogen-bond acceptors (Lipinski definition) is 5. The van der Waals surface area contributed by atoms with Gasteiger partial charge in [0, 0.05) is 36.6 Å². The largest absolute Gasteiger partial charge is 0.325 e. The van der Waals surface area contributed by atoms with E-state index in [2.05, 4.69) is 20.6 Å². The fourth-order valence-electron chi connectivity index (χ4n) is 2.95. The summed E-state index contributed by atoms with van der Waals surface area (Å²) in [7, 11) is 0. The van der Waals surface area contributed by atoms with Crippen LogP contribution >= 0.6 is 0 Å². The maximum absolute atomic E-state index is 12.5. The third kappa shape index (κ3) is 4.07. The van der Waals surface area contributed by atoms with E-state index in [0.29, 0.717) is 25.1 Å². The van der Waals surface area contributed by atoms with Crippen LogP contribution in [0.25, 0.3) is 0 Å². The van der Waals surface area contributed by atoms with E-state index in [4.69, 9.17) is 0 Å². The highest BCUT2D eigenvalue weighted by atomic mass is 16.2. The number of amides is 3. The molecule has 1 unspecified atom stereocenters. The minimum Gasteiger partial charge on any atom is -0.325 e. The van der Waals surface area contributed by atoms with Gasteiger partial charge >= 0.3 is 6.03 Å². The van der Waals surface area contributed by atoms with Crippen molar-refractivity contribution in [2.24, 2.45) is 0 Å². The minimum atomic E-state index is -0.572. The first-order valence-corrected chi connectivity index (χ1v) is 8.89. The molecule has 1 saturated heterocycles. The maximum Gasteiger partial charge on any atom is 0.324 e. The average Bonchev–Trinajstić information content (AvgIpc) is 3.15. The average molecular weight is 356 g/mol. The van der Waals surface area contributed by atoms with E-state index in [-0.39, 0.29) is 18.0 Å². The summed E-state index contributed by atoms with van der Waals surface area (Å²) in [4.78, 5) is 30.4. The van der Waals surface area contributed by atoms with Gasteiger partial charge in [-0.15, -0.1) is 5.10 Å². The molecule has 1 aliphatic rings. The normalized spacial score (nSPS) is 17.2. The summed E-state index contributed by atoms with van der Waals surface area (Å²) in [6.45, 7) is 6.34. The molecule has 138 valence electrons. The molecular weight excluding hydrogens is 332 g/mol. The second-order valence-electron chi connectivity index (χ2n) is 6.85. The van der Waals surface area contributed by atoms with Crippen molar-refractivity contribution >= 4 is 11.9 Å². The molecule has 1 aliphatic heterocycles. The third-order valence-electron chi connectivity index (χ3n) is 4.37. The quantitative estimate of drug-likeness (QED) is 0.762. The summed E-state index contributed by atoms with van der Waals surface area (Å²) in [5.74, 6) is -0.203. The number of nitrogens with one attached hydrogen (secondary N) is 1. The van der Waals surface area contributed by atoms with Crippen molar-refractivity contribution in [3.63, 3.8) is 0 Å². The number of rotatable bonds is 7. The van der Waals surface area contributed by atoms with Gasteiger partial charge in [-0.1, -0.05) is 11.3 Å². The molecule has 3 rings (SSSR count). The van der Waals surface area contributed by atoms with Crippen molar-refractivity contribution < 1.29 is 9.59 Å². The zero-order chi connectivity index (χ0) is 18.7. The number of imide groups is 1. The fraction of sp³-hybridized carbons (Fsp3) is 0.500. The van der Waals surface area contributed by atoms with Crippen molar-refractivity contribution in [3.8, 4) is 0 Å². The molecule has 0 aliphatic carbocycles. The monoisotopic (exact) mass is 356 g/mol. The van der Waals surface area contributed by atoms with Crippen LogP contribution in [0.4, 0.5) is 4.79 Å². The zero-order valence-electron chi connectivity index (χ0n) is 15.3. The smallest absolute Gasteiger partial charge is 0.324 e. The van der Waals surface area contributed by atoms with Gasteiger partial charge in [-0.05, 0) is 45.7 Å². The highest BCUT2D eigenvalue weighted by Gasteiger charge is 2.37. The van der Waals surface area contributed by atoms with Gasteiger partial charge in [0.2, 0.25) is 0 Å². The number of nitrogens with zero attached hydrogens (tertiary/aromatic N) is 5. The summed E-state index contributed by atoms with van der Waals surface area (Å²) in [5, 5.41) is 10.9. The van der Waals surface area contributed by atoms with Crippen molar-refractivity contribution in [2.45, 2.75) is 52.1 Å². The summed E-state index contributed by atoms with van der Waals surface area (Å²) in [6.07, 6.45) is 3.58. The summed E-state index contributed by atoms with van der Waals surface area (Å²) in [5.41, 5.74) is 2.63. The fourth-order valence-corrected chi connectivity index (χ4v) is 2.95. The Labute approximate surface area is 152 Å². The molecule has 0 radical (unpaired) electrons. The Hall–Kier alpha value is -2.77. The van der Waals surface area contributed by atoms with Gasteiger partial charge in [-0.25, -0.2) is 9.48 Å². The Morgan fingerprint density at radius 3 is 2.73 bits per heavy atom. The molecule has 3 heterocycles. The Balaban J connectivity index is 1.54. The van der Waals surface area contributed by atoms with Gasteiger partial charge < -0.3 is 5.32 Å². The lowest BCUT2D eigenvalue weighted by molar-refractivity contribution is -0.127. The summed E-state index contributed by atoms with van der Waals surface area (Å²) >= 11 is 0. The van der Waals surface area contributed by atoms with Gasteiger partial charge in [0.25, 0.3) is 5.91 Å². The highest BCUT2D eigenvalue weighted by Crippen LogP contribution is 2.13. The van der Waals surface area contributed by atoms with E-state index >= 15 is 0 Å². The summed E-state index contributed by atoms with van der Waals surface area (Å²) < 4.78 is 1.74. The number of carbonyl (C=O) groups excluding carboxylic acids is 2. The maximum atomic E-state index is 12.5. The Morgan fingerprint density at radius 2 is 2.04 bits per heavy atom. The Kier molecular flexibility index (Phi) is 5.29. The molecule has 2 aromatic rings. The van der Waals surface area contributed by atoms with Crippen LogP contribution < -0.4 is 5.32 Å². The molecule has 0 saturated carbocycles. The van der Waals surface area contributed by atoms with Crippen LogP contribution in [-0.2, 0) is 17.6 Å². The van der Waals surface area contributed by atoms with Crippen molar-refractivity contribution in [1.29, 1.82) is 0 Å². The molecule has 3 amide bonds. The topological polar surface area (TPSA) is 93.0 Å². The lowest BCUT2D eigenvalue weighted by Crippen LogP contribution is -2.33. The second-order valence-corrected chi connectivity index (χ2v) is 6.85. The van der Waals surface area contributed by atoms with Crippen molar-refractivity contribution in [2.75, 3.05) is 6.54 Å². The van der Waals surface area contributed by atoms with Crippen LogP contribution in [0.1, 0.15) is 43.4 Å². The first-order valence-electron chi connectivity index (χ1n) is 8.89. The highest BCUT2D eigenvalue weighted by molar-refractivity contribution is 6.04. The molecule has 26 heavy (non-hydrogen) atoms. The number of hydrogen-bond donors (Lipinski definition) is 1. The molecule has 0 spiro atoms. The van der Waals surface area contributed by atoms with Crippen LogP contribution in [-0.4, -0.2) is 49.4 Å². The Morgan fingerprint density at radius 1 is 1.23 bits per heavy atom. The van der Waals surface area contributed by atoms with Crippen LogP contribution in [0.2, 0.25) is 0 Å². The molecule has 0 bridgehead atoms. The van der Waals surface area contributed by atoms with E-state index in [0.717, 1.165) is 17.8 Å². The first kappa shape index (κ1) is 18.0. The van der Waals surface area contributed by atoms with Crippen LogP contribution in [0.3, 0.4) is 0 Å². The lowest BCUT2D eigenvalue weighted by Gasteiger charge is -2.12. The molecule has 8 nitrogen and oxygen atoms in total. The van der Waals surface area contributed by atoms with E-state index in [1.165, 1.54) is 4.90 Å². The van der Waals surface area contributed by atoms with Gasteiger partial charge in [0.15, 0.2) is 0 Å². The number of aryl methyl sites for hydroxylation is 2. The van der Waals surface area contributed by atoms with Crippen LogP contribution in [0.15, 0.2) is 24.4 Å². The van der Waals surface area contributed by atoms with Gasteiger partial charge in [0.05, 0.1) is 5.69 Å². The molecule has 0 aromatic carbocycles. The van der Waals surface area contributed by atoms with E-state index in [9.17, 15) is 9.59 Å². The molecule has 1 N–H and O–H groups in total. The predicted octanol–water partition coefficient (Wildman–Crippen LogP) is 1.66. The standard InChI is InChI=1S/C18H24N6O2/c1-12(2)24-11-15(21-22-24)10-16-17(25)23(18(26)20-16)9-5-8-14-7-4-6-13(3)19-14/h4,6-7,11-12,16H,5,8-10H2,1-3H3,(H,20,26). The van der Waals surface area contributed by atoms with Gasteiger partial charge in [-0.2, -0.15) is 0 Å². The molecular formula is C18H24N6O2. The number of carbonyl (C=O) groups is 2. The third-order valence-corrected chi connectivity index (χ3v) is 4.37. The van der Waals surface area contributed by atoms with Crippen LogP contribution in [0, 0.1) is 6.92 Å².